The second kappa shape index (κ2) is 5.25. The fourth-order valence-electron chi connectivity index (χ4n) is 1.44. The molecule has 2 rings (SSSR count). The van der Waals surface area contributed by atoms with Crippen molar-refractivity contribution < 1.29 is 9.53 Å². The van der Waals surface area contributed by atoms with Gasteiger partial charge < -0.3 is 4.74 Å². The van der Waals surface area contributed by atoms with Gasteiger partial charge in [0.1, 0.15) is 6.10 Å². The molecule has 0 unspecified atom stereocenters. The molecule has 2 aromatic heterocycles. The summed E-state index contributed by atoms with van der Waals surface area (Å²) in [4.78, 5) is 15.6. The van der Waals surface area contributed by atoms with Crippen LogP contribution in [0.5, 0.6) is 0 Å². The summed E-state index contributed by atoms with van der Waals surface area (Å²) in [6.07, 6.45) is 6.39. The number of ether oxygens (including phenoxy) is 1. The van der Waals surface area contributed by atoms with E-state index in [-0.39, 0.29) is 12.1 Å². The fraction of sp³-hybridized carbons (Fsp3) is 0.250. The zero-order chi connectivity index (χ0) is 12.1. The van der Waals surface area contributed by atoms with Crippen LogP contribution in [-0.2, 0) is 11.3 Å². The molecule has 0 N–H and O–H groups in total. The van der Waals surface area contributed by atoms with Crippen LogP contribution in [0, 0.1) is 0 Å². The van der Waals surface area contributed by atoms with Gasteiger partial charge in [-0.05, 0) is 25.1 Å². The molecule has 0 aliphatic carbocycles. The molecule has 0 amide bonds. The fourth-order valence-corrected chi connectivity index (χ4v) is 1.44. The van der Waals surface area contributed by atoms with Crippen LogP contribution in [0.1, 0.15) is 17.3 Å². The van der Waals surface area contributed by atoms with Crippen molar-refractivity contribution in [2.24, 2.45) is 0 Å². The number of pyridine rings is 1. The van der Waals surface area contributed by atoms with Crippen molar-refractivity contribution >= 4 is 5.97 Å². The largest absolute Gasteiger partial charge is 0.457 e. The van der Waals surface area contributed by atoms with Crippen LogP contribution in [0.2, 0.25) is 0 Å². The second-order valence-electron chi connectivity index (χ2n) is 3.69. The standard InChI is InChI=1S/C12H13N3O2/c1-10(9-15-7-3-6-14-15)17-12(16)11-4-2-5-13-8-11/h2-8,10H,9H2,1H3/t10-/m1/s1. The van der Waals surface area contributed by atoms with Gasteiger partial charge in [-0.15, -0.1) is 0 Å². The first-order chi connectivity index (χ1) is 8.25. The van der Waals surface area contributed by atoms with E-state index in [1.807, 2.05) is 19.2 Å². The van der Waals surface area contributed by atoms with E-state index < -0.39 is 0 Å². The zero-order valence-electron chi connectivity index (χ0n) is 9.48. The Hall–Kier alpha value is -2.17. The summed E-state index contributed by atoms with van der Waals surface area (Å²) in [6.45, 7) is 2.37. The summed E-state index contributed by atoms with van der Waals surface area (Å²) in [5.41, 5.74) is 0.458. The Morgan fingerprint density at radius 3 is 3.00 bits per heavy atom. The van der Waals surface area contributed by atoms with Gasteiger partial charge in [0.05, 0.1) is 12.1 Å². The van der Waals surface area contributed by atoms with E-state index in [9.17, 15) is 4.79 Å². The zero-order valence-corrected chi connectivity index (χ0v) is 9.48. The first-order valence-electron chi connectivity index (χ1n) is 5.34. The highest BCUT2D eigenvalue weighted by Gasteiger charge is 2.12. The van der Waals surface area contributed by atoms with Crippen LogP contribution in [0.15, 0.2) is 43.0 Å². The maximum Gasteiger partial charge on any atom is 0.340 e. The van der Waals surface area contributed by atoms with E-state index in [1.165, 1.54) is 6.20 Å². The van der Waals surface area contributed by atoms with Crippen molar-refractivity contribution in [2.75, 3.05) is 0 Å². The summed E-state index contributed by atoms with van der Waals surface area (Å²) in [7, 11) is 0. The molecule has 0 aliphatic rings. The lowest BCUT2D eigenvalue weighted by Gasteiger charge is -2.12. The lowest BCUT2D eigenvalue weighted by molar-refractivity contribution is 0.0298. The lowest BCUT2D eigenvalue weighted by Crippen LogP contribution is -2.21. The van der Waals surface area contributed by atoms with Crippen LogP contribution in [-0.4, -0.2) is 26.8 Å². The molecule has 0 fully saturated rings. The number of hydrogen-bond acceptors (Lipinski definition) is 4. The third-order valence-corrected chi connectivity index (χ3v) is 2.21. The molecular weight excluding hydrogens is 218 g/mol. The van der Waals surface area contributed by atoms with Crippen molar-refractivity contribution in [1.82, 2.24) is 14.8 Å². The van der Waals surface area contributed by atoms with Crippen LogP contribution < -0.4 is 0 Å². The quantitative estimate of drug-likeness (QED) is 0.749. The van der Waals surface area contributed by atoms with Gasteiger partial charge in [0.2, 0.25) is 0 Å². The Kier molecular flexibility index (Phi) is 3.49. The lowest BCUT2D eigenvalue weighted by atomic mass is 10.3. The third kappa shape index (κ3) is 3.14. The molecule has 5 nitrogen and oxygen atoms in total. The number of hydrogen-bond donors (Lipinski definition) is 0. The van der Waals surface area contributed by atoms with Gasteiger partial charge in [0, 0.05) is 24.8 Å². The SMILES string of the molecule is C[C@H](Cn1cccn1)OC(=O)c1cccnc1. The molecule has 0 spiro atoms. The minimum absolute atomic E-state index is 0.234. The molecular formula is C12H13N3O2. The van der Waals surface area contributed by atoms with Crippen LogP contribution in [0.25, 0.3) is 0 Å². The van der Waals surface area contributed by atoms with E-state index in [1.54, 1.807) is 29.2 Å². The molecule has 2 aromatic rings. The van der Waals surface area contributed by atoms with Gasteiger partial charge >= 0.3 is 5.97 Å². The average Bonchev–Trinajstić information content (AvgIpc) is 2.82. The van der Waals surface area contributed by atoms with Crippen LogP contribution >= 0.6 is 0 Å². The molecule has 1 atom stereocenters. The second-order valence-corrected chi connectivity index (χ2v) is 3.69. The number of esters is 1. The van der Waals surface area contributed by atoms with Crippen LogP contribution in [0.3, 0.4) is 0 Å². The predicted molar refractivity (Wildman–Crippen MR) is 61.3 cm³/mol. The molecule has 88 valence electrons. The molecule has 0 aromatic carbocycles. The van der Waals surface area contributed by atoms with Crippen molar-refractivity contribution in [3.8, 4) is 0 Å². The van der Waals surface area contributed by atoms with E-state index in [4.69, 9.17) is 4.74 Å². The average molecular weight is 231 g/mol. The minimum Gasteiger partial charge on any atom is -0.457 e. The molecule has 17 heavy (non-hydrogen) atoms. The number of carbonyl (C=O) groups excluding carboxylic acids is 1. The van der Waals surface area contributed by atoms with Gasteiger partial charge in [-0.25, -0.2) is 4.79 Å². The molecule has 0 aliphatic heterocycles. The Labute approximate surface area is 99.1 Å². The molecule has 0 saturated carbocycles. The summed E-state index contributed by atoms with van der Waals surface area (Å²) in [6, 6.07) is 5.21. The van der Waals surface area contributed by atoms with Gasteiger partial charge in [-0.2, -0.15) is 5.10 Å². The Bertz CT molecular complexity index is 468. The topological polar surface area (TPSA) is 57.0 Å². The maximum atomic E-state index is 11.7. The summed E-state index contributed by atoms with van der Waals surface area (Å²) >= 11 is 0. The minimum atomic E-state index is -0.363. The summed E-state index contributed by atoms with van der Waals surface area (Å²) in [5.74, 6) is -0.363. The van der Waals surface area contributed by atoms with Crippen LogP contribution in [0.4, 0.5) is 0 Å². The molecule has 2 heterocycles. The molecule has 0 bridgehead atoms. The van der Waals surface area contributed by atoms with Crippen molar-refractivity contribution in [3.63, 3.8) is 0 Å². The maximum absolute atomic E-state index is 11.7. The van der Waals surface area contributed by atoms with E-state index >= 15 is 0 Å². The van der Waals surface area contributed by atoms with Crippen molar-refractivity contribution in [1.29, 1.82) is 0 Å². The molecule has 0 radical (unpaired) electrons. The predicted octanol–water partition coefficient (Wildman–Crippen LogP) is 1.52. The van der Waals surface area contributed by atoms with E-state index in [2.05, 4.69) is 10.1 Å². The third-order valence-electron chi connectivity index (χ3n) is 2.21. The first-order valence-corrected chi connectivity index (χ1v) is 5.34. The van der Waals surface area contributed by atoms with Gasteiger partial charge in [-0.3, -0.25) is 9.67 Å². The first kappa shape index (κ1) is 11.3. The molecule has 5 heteroatoms. The van der Waals surface area contributed by atoms with Gasteiger partial charge in [-0.1, -0.05) is 0 Å². The highest BCUT2D eigenvalue weighted by Crippen LogP contribution is 2.03. The van der Waals surface area contributed by atoms with E-state index in [0.717, 1.165) is 0 Å². The Balaban J connectivity index is 1.91. The number of rotatable bonds is 4. The summed E-state index contributed by atoms with van der Waals surface area (Å²) < 4.78 is 6.99. The number of nitrogens with zero attached hydrogens (tertiary/aromatic N) is 3. The van der Waals surface area contributed by atoms with Gasteiger partial charge in [0.15, 0.2) is 0 Å². The molecule has 0 saturated heterocycles. The normalized spacial score (nSPS) is 12.1. The number of aromatic nitrogens is 3. The van der Waals surface area contributed by atoms with Crippen molar-refractivity contribution in [2.45, 2.75) is 19.6 Å². The Morgan fingerprint density at radius 2 is 2.35 bits per heavy atom. The van der Waals surface area contributed by atoms with Gasteiger partial charge in [0.25, 0.3) is 0 Å². The highest BCUT2D eigenvalue weighted by molar-refractivity contribution is 5.89. The number of carbonyl (C=O) groups is 1. The highest BCUT2D eigenvalue weighted by atomic mass is 16.5. The monoisotopic (exact) mass is 231 g/mol. The summed E-state index contributed by atoms with van der Waals surface area (Å²) in [5, 5.41) is 4.05. The van der Waals surface area contributed by atoms with E-state index in [0.29, 0.717) is 12.1 Å². The Morgan fingerprint density at radius 1 is 1.47 bits per heavy atom. The smallest absolute Gasteiger partial charge is 0.340 e. The van der Waals surface area contributed by atoms with Crippen molar-refractivity contribution in [3.05, 3.63) is 48.5 Å².